The Morgan fingerprint density at radius 2 is 2.00 bits per heavy atom. The van der Waals surface area contributed by atoms with Gasteiger partial charge in [-0.2, -0.15) is 0 Å². The van der Waals surface area contributed by atoms with E-state index in [0.717, 1.165) is 27.7 Å². The predicted molar refractivity (Wildman–Crippen MR) is 97.3 cm³/mol. The highest BCUT2D eigenvalue weighted by Crippen LogP contribution is 2.19. The molecule has 0 spiro atoms. The second-order valence-electron chi connectivity index (χ2n) is 4.88. The molecule has 0 aliphatic rings. The lowest BCUT2D eigenvalue weighted by molar-refractivity contribution is 0.102. The number of halogens is 2. The standard InChI is InChI=1S/C17H17ClINO/c1-12-5-2-9-15(16(12)19)17(21)20-14-8-3-6-13(11-14)7-4-10-18/h2-3,5-6,8-9,11H,4,7,10H2,1H3,(H,20,21). The SMILES string of the molecule is Cc1cccc(C(=O)Nc2cccc(CCCCl)c2)c1I. The summed E-state index contributed by atoms with van der Waals surface area (Å²) in [5.41, 5.74) is 3.83. The molecule has 0 fully saturated rings. The fourth-order valence-corrected chi connectivity index (χ4v) is 2.83. The Hall–Kier alpha value is -1.07. The van der Waals surface area contributed by atoms with Crippen LogP contribution in [0.5, 0.6) is 0 Å². The van der Waals surface area contributed by atoms with Crippen molar-refractivity contribution < 1.29 is 4.79 Å². The monoisotopic (exact) mass is 413 g/mol. The van der Waals surface area contributed by atoms with Crippen LogP contribution < -0.4 is 5.32 Å². The summed E-state index contributed by atoms with van der Waals surface area (Å²) in [5.74, 6) is 0.579. The van der Waals surface area contributed by atoms with Crippen LogP contribution >= 0.6 is 34.2 Å². The molecule has 4 heteroatoms. The average Bonchev–Trinajstić information content (AvgIpc) is 2.48. The van der Waals surface area contributed by atoms with Crippen LogP contribution in [0.4, 0.5) is 5.69 Å². The molecule has 0 atom stereocenters. The largest absolute Gasteiger partial charge is 0.322 e. The first-order valence-corrected chi connectivity index (χ1v) is 8.44. The van der Waals surface area contributed by atoms with Crippen molar-refractivity contribution in [1.82, 2.24) is 0 Å². The summed E-state index contributed by atoms with van der Waals surface area (Å²) in [4.78, 5) is 12.4. The zero-order chi connectivity index (χ0) is 15.2. The molecule has 0 bridgehead atoms. The number of hydrogen-bond donors (Lipinski definition) is 1. The van der Waals surface area contributed by atoms with Gasteiger partial charge in [-0.05, 0) is 71.7 Å². The smallest absolute Gasteiger partial charge is 0.256 e. The third-order valence-corrected chi connectivity index (χ3v) is 4.92. The van der Waals surface area contributed by atoms with E-state index in [1.54, 1.807) is 0 Å². The summed E-state index contributed by atoms with van der Waals surface area (Å²) >= 11 is 7.93. The Labute approximate surface area is 144 Å². The number of amides is 1. The summed E-state index contributed by atoms with van der Waals surface area (Å²) in [6.45, 7) is 2.01. The molecular formula is C17H17ClINO. The Kier molecular flexibility index (Phi) is 6.06. The van der Waals surface area contributed by atoms with E-state index < -0.39 is 0 Å². The van der Waals surface area contributed by atoms with E-state index in [1.807, 2.05) is 43.3 Å². The molecule has 0 aliphatic carbocycles. The van der Waals surface area contributed by atoms with Gasteiger partial charge in [0.1, 0.15) is 0 Å². The van der Waals surface area contributed by atoms with E-state index in [1.165, 1.54) is 5.56 Å². The number of carbonyl (C=O) groups excluding carboxylic acids is 1. The van der Waals surface area contributed by atoms with Gasteiger partial charge < -0.3 is 5.32 Å². The molecule has 0 unspecified atom stereocenters. The molecule has 0 saturated heterocycles. The van der Waals surface area contributed by atoms with E-state index >= 15 is 0 Å². The van der Waals surface area contributed by atoms with E-state index in [2.05, 4.69) is 34.0 Å². The summed E-state index contributed by atoms with van der Waals surface area (Å²) < 4.78 is 0.992. The van der Waals surface area contributed by atoms with E-state index in [4.69, 9.17) is 11.6 Å². The number of rotatable bonds is 5. The lowest BCUT2D eigenvalue weighted by atomic mass is 10.1. The van der Waals surface area contributed by atoms with Crippen molar-refractivity contribution in [2.75, 3.05) is 11.2 Å². The lowest BCUT2D eigenvalue weighted by Gasteiger charge is -2.09. The number of benzene rings is 2. The van der Waals surface area contributed by atoms with Gasteiger partial charge in [0.15, 0.2) is 0 Å². The van der Waals surface area contributed by atoms with E-state index in [-0.39, 0.29) is 5.91 Å². The molecule has 2 aromatic carbocycles. The maximum atomic E-state index is 12.4. The van der Waals surface area contributed by atoms with Crippen LogP contribution in [0.1, 0.15) is 27.9 Å². The predicted octanol–water partition coefficient (Wildman–Crippen LogP) is 5.02. The Balaban J connectivity index is 2.14. The molecule has 2 aromatic rings. The molecule has 1 amide bonds. The Morgan fingerprint density at radius 1 is 1.24 bits per heavy atom. The molecular weight excluding hydrogens is 397 g/mol. The average molecular weight is 414 g/mol. The fraction of sp³-hybridized carbons (Fsp3) is 0.235. The van der Waals surface area contributed by atoms with Crippen LogP contribution in [-0.4, -0.2) is 11.8 Å². The minimum Gasteiger partial charge on any atom is -0.322 e. The zero-order valence-corrected chi connectivity index (χ0v) is 14.7. The first-order chi connectivity index (χ1) is 10.1. The number of carbonyl (C=O) groups is 1. The number of aryl methyl sites for hydroxylation is 2. The van der Waals surface area contributed by atoms with Gasteiger partial charge in [-0.1, -0.05) is 24.3 Å². The highest BCUT2D eigenvalue weighted by Gasteiger charge is 2.11. The van der Waals surface area contributed by atoms with Crippen molar-refractivity contribution in [2.24, 2.45) is 0 Å². The topological polar surface area (TPSA) is 29.1 Å². The molecule has 0 aromatic heterocycles. The van der Waals surface area contributed by atoms with Crippen LogP contribution in [0.15, 0.2) is 42.5 Å². The summed E-state index contributed by atoms with van der Waals surface area (Å²) in [6, 6.07) is 13.7. The summed E-state index contributed by atoms with van der Waals surface area (Å²) in [7, 11) is 0. The van der Waals surface area contributed by atoms with Gasteiger partial charge >= 0.3 is 0 Å². The minimum absolute atomic E-state index is 0.0717. The van der Waals surface area contributed by atoms with Crippen LogP contribution in [0.2, 0.25) is 0 Å². The van der Waals surface area contributed by atoms with Crippen molar-refractivity contribution in [3.05, 3.63) is 62.7 Å². The second kappa shape index (κ2) is 7.80. The van der Waals surface area contributed by atoms with Crippen molar-refractivity contribution in [1.29, 1.82) is 0 Å². The molecule has 2 nitrogen and oxygen atoms in total. The Morgan fingerprint density at radius 3 is 2.76 bits per heavy atom. The first-order valence-electron chi connectivity index (χ1n) is 6.83. The molecule has 0 heterocycles. The molecule has 21 heavy (non-hydrogen) atoms. The minimum atomic E-state index is -0.0717. The van der Waals surface area contributed by atoms with Gasteiger partial charge in [-0.15, -0.1) is 11.6 Å². The van der Waals surface area contributed by atoms with Crippen molar-refractivity contribution in [3.63, 3.8) is 0 Å². The number of anilines is 1. The van der Waals surface area contributed by atoms with Gasteiger partial charge in [-0.3, -0.25) is 4.79 Å². The maximum Gasteiger partial charge on any atom is 0.256 e. The number of hydrogen-bond acceptors (Lipinski definition) is 1. The number of nitrogens with one attached hydrogen (secondary N) is 1. The van der Waals surface area contributed by atoms with Crippen molar-refractivity contribution in [2.45, 2.75) is 19.8 Å². The molecule has 2 rings (SSSR count). The molecule has 1 N–H and O–H groups in total. The van der Waals surface area contributed by atoms with E-state index in [9.17, 15) is 4.79 Å². The zero-order valence-electron chi connectivity index (χ0n) is 11.8. The van der Waals surface area contributed by atoms with Crippen molar-refractivity contribution in [3.8, 4) is 0 Å². The highest BCUT2D eigenvalue weighted by molar-refractivity contribution is 14.1. The number of alkyl halides is 1. The van der Waals surface area contributed by atoms with Gasteiger partial charge in [0.25, 0.3) is 5.91 Å². The van der Waals surface area contributed by atoms with Gasteiger partial charge in [0.2, 0.25) is 0 Å². The van der Waals surface area contributed by atoms with Gasteiger partial charge in [-0.25, -0.2) is 0 Å². The van der Waals surface area contributed by atoms with Crippen LogP contribution in [0.25, 0.3) is 0 Å². The van der Waals surface area contributed by atoms with Gasteiger partial charge in [0, 0.05) is 15.1 Å². The summed E-state index contributed by atoms with van der Waals surface area (Å²) in [6.07, 6.45) is 1.87. The third-order valence-electron chi connectivity index (χ3n) is 3.22. The quantitative estimate of drug-likeness (QED) is 0.541. The molecule has 110 valence electrons. The van der Waals surface area contributed by atoms with Gasteiger partial charge in [0.05, 0.1) is 5.56 Å². The van der Waals surface area contributed by atoms with Crippen molar-refractivity contribution >= 4 is 45.8 Å². The molecule has 0 aliphatic heterocycles. The maximum absolute atomic E-state index is 12.4. The molecule has 0 radical (unpaired) electrons. The third kappa shape index (κ3) is 4.45. The normalized spacial score (nSPS) is 10.4. The Bertz CT molecular complexity index is 642. The lowest BCUT2D eigenvalue weighted by Crippen LogP contribution is -2.14. The van der Waals surface area contributed by atoms with Crippen LogP contribution in [0.3, 0.4) is 0 Å². The van der Waals surface area contributed by atoms with Crippen LogP contribution in [0, 0.1) is 10.5 Å². The second-order valence-corrected chi connectivity index (χ2v) is 6.34. The summed E-state index contributed by atoms with van der Waals surface area (Å²) in [5, 5.41) is 2.97. The first kappa shape index (κ1) is 16.3. The van der Waals surface area contributed by atoms with Crippen LogP contribution in [-0.2, 0) is 6.42 Å². The van der Waals surface area contributed by atoms with E-state index in [0.29, 0.717) is 11.4 Å². The fourth-order valence-electron chi connectivity index (χ4n) is 2.10. The molecule has 0 saturated carbocycles. The highest BCUT2D eigenvalue weighted by atomic mass is 127.